The van der Waals surface area contributed by atoms with E-state index in [-0.39, 0.29) is 35.9 Å². The number of benzene rings is 2. The second-order valence-corrected chi connectivity index (χ2v) is 9.95. The van der Waals surface area contributed by atoms with Crippen LogP contribution < -0.4 is 10.7 Å². The minimum Gasteiger partial charge on any atom is -0.373 e. The van der Waals surface area contributed by atoms with E-state index in [9.17, 15) is 22.4 Å². The highest BCUT2D eigenvalue weighted by atomic mass is 32.2. The van der Waals surface area contributed by atoms with Crippen LogP contribution in [0.25, 0.3) is 5.69 Å². The highest BCUT2D eigenvalue weighted by molar-refractivity contribution is 7.89. The molecule has 0 aliphatic carbocycles. The molecule has 4 rings (SSSR count). The second kappa shape index (κ2) is 9.45. The molecule has 1 fully saturated rings. The lowest BCUT2D eigenvalue weighted by atomic mass is 10.3. The van der Waals surface area contributed by atoms with Crippen LogP contribution in [0.2, 0.25) is 0 Å². The summed E-state index contributed by atoms with van der Waals surface area (Å²) in [5.74, 6) is -1.18. The Labute approximate surface area is 195 Å². The molecular formula is C23H23FN4O5S. The third-order valence-electron chi connectivity index (χ3n) is 5.25. The Balaban J connectivity index is 1.52. The van der Waals surface area contributed by atoms with Crippen molar-refractivity contribution in [3.63, 3.8) is 0 Å². The van der Waals surface area contributed by atoms with Gasteiger partial charge in [0.15, 0.2) is 5.69 Å². The molecule has 1 aliphatic rings. The zero-order valence-corrected chi connectivity index (χ0v) is 19.3. The van der Waals surface area contributed by atoms with Crippen molar-refractivity contribution in [3.05, 3.63) is 82.5 Å². The minimum absolute atomic E-state index is 0.0864. The SMILES string of the molecule is CC1CN(S(=O)(=O)c2ccc(NC(=O)c3nn(-c4ccc(F)cc4)ccc3=O)cc2)CC(C)O1. The summed E-state index contributed by atoms with van der Waals surface area (Å²) >= 11 is 0. The number of halogens is 1. The molecule has 11 heteroatoms. The van der Waals surface area contributed by atoms with Crippen molar-refractivity contribution in [1.29, 1.82) is 0 Å². The normalized spacial score (nSPS) is 19.0. The molecule has 1 aliphatic heterocycles. The Bertz CT molecular complexity index is 1350. The number of ether oxygens (including phenoxy) is 1. The maximum absolute atomic E-state index is 13.2. The van der Waals surface area contributed by atoms with Crippen LogP contribution >= 0.6 is 0 Å². The lowest BCUT2D eigenvalue weighted by molar-refractivity contribution is -0.0440. The van der Waals surface area contributed by atoms with Gasteiger partial charge in [0, 0.05) is 31.0 Å². The van der Waals surface area contributed by atoms with Crippen molar-refractivity contribution < 1.29 is 22.3 Å². The third kappa shape index (κ3) is 5.06. The van der Waals surface area contributed by atoms with Gasteiger partial charge in [0.05, 0.1) is 22.8 Å². The van der Waals surface area contributed by atoms with E-state index in [1.807, 2.05) is 13.8 Å². The standard InChI is InChI=1S/C23H23FN4O5S/c1-15-13-27(14-16(2)33-15)34(31,32)20-9-5-18(6-10-20)25-23(30)22-21(29)11-12-28(26-22)19-7-3-17(24)4-8-19/h3-12,15-16H,13-14H2,1-2H3,(H,25,30). The highest BCUT2D eigenvalue weighted by Gasteiger charge is 2.32. The summed E-state index contributed by atoms with van der Waals surface area (Å²) < 4.78 is 47.4. The molecule has 2 aromatic carbocycles. The van der Waals surface area contributed by atoms with Gasteiger partial charge < -0.3 is 10.1 Å². The Morgan fingerprint density at radius 2 is 1.65 bits per heavy atom. The number of hydrogen-bond donors (Lipinski definition) is 1. The molecule has 178 valence electrons. The van der Waals surface area contributed by atoms with Gasteiger partial charge in [-0.2, -0.15) is 9.40 Å². The number of anilines is 1. The molecule has 1 N–H and O–H groups in total. The number of carbonyl (C=O) groups is 1. The topological polar surface area (TPSA) is 111 Å². The largest absolute Gasteiger partial charge is 0.373 e. The van der Waals surface area contributed by atoms with Gasteiger partial charge in [0.25, 0.3) is 5.91 Å². The molecule has 0 saturated carbocycles. The van der Waals surface area contributed by atoms with Gasteiger partial charge >= 0.3 is 0 Å². The van der Waals surface area contributed by atoms with E-state index in [4.69, 9.17) is 4.74 Å². The summed E-state index contributed by atoms with van der Waals surface area (Å²) in [6, 6.07) is 12.3. The van der Waals surface area contributed by atoms with Crippen LogP contribution in [0.4, 0.5) is 10.1 Å². The fourth-order valence-electron chi connectivity index (χ4n) is 3.68. The Morgan fingerprint density at radius 3 is 2.26 bits per heavy atom. The Morgan fingerprint density at radius 1 is 1.03 bits per heavy atom. The number of hydrogen-bond acceptors (Lipinski definition) is 6. The van der Waals surface area contributed by atoms with Crippen LogP contribution in [-0.2, 0) is 14.8 Å². The van der Waals surface area contributed by atoms with E-state index in [2.05, 4.69) is 10.4 Å². The van der Waals surface area contributed by atoms with Crippen LogP contribution in [-0.4, -0.2) is 53.7 Å². The maximum atomic E-state index is 13.2. The van der Waals surface area contributed by atoms with Crippen molar-refractivity contribution in [2.24, 2.45) is 0 Å². The van der Waals surface area contributed by atoms with Crippen molar-refractivity contribution in [2.45, 2.75) is 31.0 Å². The van der Waals surface area contributed by atoms with Crippen molar-refractivity contribution in [1.82, 2.24) is 14.1 Å². The number of aromatic nitrogens is 2. The first-order chi connectivity index (χ1) is 16.1. The molecule has 3 aromatic rings. The monoisotopic (exact) mass is 486 g/mol. The van der Waals surface area contributed by atoms with Crippen molar-refractivity contribution in [2.75, 3.05) is 18.4 Å². The predicted octanol–water partition coefficient (Wildman–Crippen LogP) is 2.42. The van der Waals surface area contributed by atoms with E-state index in [0.717, 1.165) is 0 Å². The average molecular weight is 487 g/mol. The molecule has 1 saturated heterocycles. The van der Waals surface area contributed by atoms with Gasteiger partial charge in [-0.1, -0.05) is 0 Å². The molecule has 0 bridgehead atoms. The first-order valence-corrected chi connectivity index (χ1v) is 12.0. The molecule has 9 nitrogen and oxygen atoms in total. The summed E-state index contributed by atoms with van der Waals surface area (Å²) in [7, 11) is -3.72. The number of nitrogens with one attached hydrogen (secondary N) is 1. The van der Waals surface area contributed by atoms with E-state index >= 15 is 0 Å². The maximum Gasteiger partial charge on any atom is 0.280 e. The number of amides is 1. The molecule has 2 heterocycles. The van der Waals surface area contributed by atoms with Crippen LogP contribution in [0.15, 0.2) is 70.5 Å². The first kappa shape index (κ1) is 23.7. The van der Waals surface area contributed by atoms with Gasteiger partial charge in [0.1, 0.15) is 5.82 Å². The number of sulfonamides is 1. The predicted molar refractivity (Wildman–Crippen MR) is 123 cm³/mol. The van der Waals surface area contributed by atoms with Crippen LogP contribution in [0, 0.1) is 5.82 Å². The first-order valence-electron chi connectivity index (χ1n) is 10.6. The molecule has 34 heavy (non-hydrogen) atoms. The average Bonchev–Trinajstić information content (AvgIpc) is 2.79. The van der Waals surface area contributed by atoms with Gasteiger partial charge in [-0.25, -0.2) is 17.5 Å². The van der Waals surface area contributed by atoms with E-state index in [0.29, 0.717) is 11.4 Å². The van der Waals surface area contributed by atoms with E-state index in [1.54, 1.807) is 0 Å². The summed E-state index contributed by atoms with van der Waals surface area (Å²) in [5.41, 5.74) is -0.187. The lowest BCUT2D eigenvalue weighted by Crippen LogP contribution is -2.48. The van der Waals surface area contributed by atoms with E-state index < -0.39 is 27.2 Å². The van der Waals surface area contributed by atoms with Crippen molar-refractivity contribution >= 4 is 21.6 Å². The summed E-state index contributed by atoms with van der Waals surface area (Å²) in [6.07, 6.45) is 0.947. The van der Waals surface area contributed by atoms with E-state index in [1.165, 1.54) is 69.8 Å². The van der Waals surface area contributed by atoms with Crippen LogP contribution in [0.1, 0.15) is 24.3 Å². The van der Waals surface area contributed by atoms with Crippen LogP contribution in [0.5, 0.6) is 0 Å². The zero-order chi connectivity index (χ0) is 24.5. The molecule has 1 aromatic heterocycles. The molecule has 2 unspecified atom stereocenters. The van der Waals surface area contributed by atoms with Crippen LogP contribution in [0.3, 0.4) is 0 Å². The van der Waals surface area contributed by atoms with Gasteiger partial charge in [-0.3, -0.25) is 9.59 Å². The Hall–Kier alpha value is -3.41. The zero-order valence-electron chi connectivity index (χ0n) is 18.5. The molecule has 0 radical (unpaired) electrons. The number of rotatable bonds is 5. The highest BCUT2D eigenvalue weighted by Crippen LogP contribution is 2.22. The van der Waals surface area contributed by atoms with Gasteiger partial charge in [-0.05, 0) is 62.4 Å². The summed E-state index contributed by atoms with van der Waals surface area (Å²) in [4.78, 5) is 25.0. The lowest BCUT2D eigenvalue weighted by Gasteiger charge is -2.34. The number of nitrogens with zero attached hydrogens (tertiary/aromatic N) is 3. The molecule has 1 amide bonds. The number of carbonyl (C=O) groups excluding carboxylic acids is 1. The minimum atomic E-state index is -3.72. The summed E-state index contributed by atoms with van der Waals surface area (Å²) in [6.45, 7) is 4.15. The van der Waals surface area contributed by atoms with Gasteiger partial charge in [0.2, 0.25) is 15.5 Å². The number of morpholine rings is 1. The molecule has 0 spiro atoms. The summed E-state index contributed by atoms with van der Waals surface area (Å²) in [5, 5.41) is 6.61. The Kier molecular flexibility index (Phi) is 6.60. The molecule has 2 atom stereocenters. The van der Waals surface area contributed by atoms with Crippen molar-refractivity contribution in [3.8, 4) is 5.69 Å². The third-order valence-corrected chi connectivity index (χ3v) is 7.10. The fraction of sp³-hybridized carbons (Fsp3) is 0.261. The fourth-order valence-corrected chi connectivity index (χ4v) is 5.27. The molecular weight excluding hydrogens is 463 g/mol. The second-order valence-electron chi connectivity index (χ2n) is 8.01. The smallest absolute Gasteiger partial charge is 0.280 e. The quantitative estimate of drug-likeness (QED) is 0.593. The van der Waals surface area contributed by atoms with Gasteiger partial charge in [-0.15, -0.1) is 0 Å².